The summed E-state index contributed by atoms with van der Waals surface area (Å²) in [5.41, 5.74) is 2.95. The van der Waals surface area contributed by atoms with E-state index in [1.165, 1.54) is 5.56 Å². The van der Waals surface area contributed by atoms with Gasteiger partial charge in [-0.3, -0.25) is 9.59 Å². The Kier molecular flexibility index (Phi) is 6.75. The van der Waals surface area contributed by atoms with E-state index >= 15 is 0 Å². The van der Waals surface area contributed by atoms with Gasteiger partial charge in [0.2, 0.25) is 0 Å². The number of hydrogen-bond acceptors (Lipinski definition) is 2. The predicted octanol–water partition coefficient (Wildman–Crippen LogP) is 4.59. The number of carbonyl (C=O) groups is 2. The monoisotopic (exact) mass is 338 g/mol. The normalized spacial score (nSPS) is 10.6. The summed E-state index contributed by atoms with van der Waals surface area (Å²) in [5.74, 6) is 0.129. The lowest BCUT2D eigenvalue weighted by molar-refractivity contribution is 0.0951. The Labute approximate surface area is 149 Å². The van der Waals surface area contributed by atoms with Crippen molar-refractivity contribution in [1.82, 2.24) is 5.32 Å². The summed E-state index contributed by atoms with van der Waals surface area (Å²) >= 11 is 0. The molecule has 0 aromatic heterocycles. The van der Waals surface area contributed by atoms with Crippen LogP contribution in [0.5, 0.6) is 0 Å². The van der Waals surface area contributed by atoms with E-state index in [2.05, 4.69) is 31.4 Å². The van der Waals surface area contributed by atoms with Gasteiger partial charge in [-0.1, -0.05) is 45.4 Å². The highest BCUT2D eigenvalue weighted by Crippen LogP contribution is 2.16. The van der Waals surface area contributed by atoms with Gasteiger partial charge in [-0.25, -0.2) is 0 Å². The van der Waals surface area contributed by atoms with E-state index in [0.717, 1.165) is 12.8 Å². The first-order valence-electron chi connectivity index (χ1n) is 8.81. The van der Waals surface area contributed by atoms with Gasteiger partial charge in [0.15, 0.2) is 0 Å². The molecular formula is C21H26N2O2. The molecule has 0 aliphatic heterocycles. The summed E-state index contributed by atoms with van der Waals surface area (Å²) in [7, 11) is 0. The summed E-state index contributed by atoms with van der Waals surface area (Å²) in [6.45, 7) is 6.97. The average Bonchev–Trinajstić information content (AvgIpc) is 2.62. The zero-order chi connectivity index (χ0) is 18.2. The maximum Gasteiger partial charge on any atom is 0.255 e. The third-order valence-electron chi connectivity index (χ3n) is 4.04. The molecular weight excluding hydrogens is 312 g/mol. The number of rotatable bonds is 7. The zero-order valence-electron chi connectivity index (χ0n) is 15.1. The number of amides is 2. The first kappa shape index (κ1) is 18.7. The summed E-state index contributed by atoms with van der Waals surface area (Å²) < 4.78 is 0. The van der Waals surface area contributed by atoms with Crippen LogP contribution in [0.4, 0.5) is 5.69 Å². The number of benzene rings is 2. The molecule has 4 nitrogen and oxygen atoms in total. The molecule has 25 heavy (non-hydrogen) atoms. The van der Waals surface area contributed by atoms with E-state index in [9.17, 15) is 9.59 Å². The van der Waals surface area contributed by atoms with Crippen LogP contribution in [-0.2, 0) is 0 Å². The molecule has 0 bridgehead atoms. The van der Waals surface area contributed by atoms with Gasteiger partial charge in [0, 0.05) is 23.4 Å². The second-order valence-corrected chi connectivity index (χ2v) is 6.42. The van der Waals surface area contributed by atoms with Crippen molar-refractivity contribution in [2.45, 2.75) is 39.5 Å². The number of carbonyl (C=O) groups excluding carboxylic acids is 2. The maximum atomic E-state index is 12.4. The lowest BCUT2D eigenvalue weighted by Crippen LogP contribution is -2.24. The van der Waals surface area contributed by atoms with Gasteiger partial charge in [-0.15, -0.1) is 0 Å². The van der Waals surface area contributed by atoms with Crippen molar-refractivity contribution >= 4 is 17.5 Å². The molecule has 2 aromatic rings. The van der Waals surface area contributed by atoms with Crippen molar-refractivity contribution in [3.8, 4) is 0 Å². The highest BCUT2D eigenvalue weighted by atomic mass is 16.2. The van der Waals surface area contributed by atoms with Crippen LogP contribution in [0, 0.1) is 0 Å². The fraction of sp³-hybridized carbons (Fsp3) is 0.333. The van der Waals surface area contributed by atoms with Gasteiger partial charge in [0.05, 0.1) is 0 Å². The van der Waals surface area contributed by atoms with Crippen molar-refractivity contribution in [3.63, 3.8) is 0 Å². The Balaban J connectivity index is 2.03. The van der Waals surface area contributed by atoms with Gasteiger partial charge in [0.1, 0.15) is 0 Å². The lowest BCUT2D eigenvalue weighted by atomic mass is 10.0. The molecule has 0 heterocycles. The Bertz CT molecular complexity index is 721. The second kappa shape index (κ2) is 9.02. The second-order valence-electron chi connectivity index (χ2n) is 6.42. The molecule has 0 saturated carbocycles. The molecule has 4 heteroatoms. The van der Waals surface area contributed by atoms with Crippen LogP contribution in [0.25, 0.3) is 0 Å². The van der Waals surface area contributed by atoms with Crippen LogP contribution in [0.2, 0.25) is 0 Å². The molecule has 0 atom stereocenters. The van der Waals surface area contributed by atoms with Gasteiger partial charge in [-0.2, -0.15) is 0 Å². The van der Waals surface area contributed by atoms with Gasteiger partial charge >= 0.3 is 0 Å². The molecule has 0 radical (unpaired) electrons. The van der Waals surface area contributed by atoms with E-state index in [0.29, 0.717) is 29.3 Å². The smallest absolute Gasteiger partial charge is 0.255 e. The van der Waals surface area contributed by atoms with Crippen LogP contribution in [0.3, 0.4) is 0 Å². The molecule has 132 valence electrons. The van der Waals surface area contributed by atoms with Crippen molar-refractivity contribution in [2.75, 3.05) is 11.9 Å². The third kappa shape index (κ3) is 5.45. The molecule has 2 amide bonds. The van der Waals surface area contributed by atoms with Crippen LogP contribution in [0.15, 0.2) is 48.5 Å². The van der Waals surface area contributed by atoms with Crippen molar-refractivity contribution < 1.29 is 9.59 Å². The minimum absolute atomic E-state index is 0.120. The Hall–Kier alpha value is -2.62. The van der Waals surface area contributed by atoms with E-state index in [4.69, 9.17) is 0 Å². The SMILES string of the molecule is CCCCNC(=O)c1cccc(NC(=O)c2ccc(C(C)C)cc2)c1. The summed E-state index contributed by atoms with van der Waals surface area (Å²) in [4.78, 5) is 24.5. The van der Waals surface area contributed by atoms with Crippen LogP contribution in [-0.4, -0.2) is 18.4 Å². The molecule has 0 aliphatic carbocycles. The molecule has 0 fully saturated rings. The quantitative estimate of drug-likeness (QED) is 0.725. The molecule has 2 rings (SSSR count). The lowest BCUT2D eigenvalue weighted by Gasteiger charge is -2.09. The Morgan fingerprint density at radius 3 is 2.32 bits per heavy atom. The zero-order valence-corrected chi connectivity index (χ0v) is 15.1. The minimum atomic E-state index is -0.182. The highest BCUT2D eigenvalue weighted by Gasteiger charge is 2.09. The minimum Gasteiger partial charge on any atom is -0.352 e. The largest absolute Gasteiger partial charge is 0.352 e. The van der Waals surface area contributed by atoms with Gasteiger partial charge in [-0.05, 0) is 48.2 Å². The number of nitrogens with one attached hydrogen (secondary N) is 2. The first-order valence-corrected chi connectivity index (χ1v) is 8.81. The molecule has 2 N–H and O–H groups in total. The van der Waals surface area contributed by atoms with Crippen molar-refractivity contribution in [3.05, 3.63) is 65.2 Å². The number of unbranched alkanes of at least 4 members (excludes halogenated alkanes) is 1. The summed E-state index contributed by atoms with van der Waals surface area (Å²) in [5, 5.41) is 5.73. The fourth-order valence-electron chi connectivity index (χ4n) is 2.44. The Morgan fingerprint density at radius 1 is 0.960 bits per heavy atom. The number of hydrogen-bond donors (Lipinski definition) is 2. The summed E-state index contributed by atoms with van der Waals surface area (Å²) in [6.07, 6.45) is 1.99. The van der Waals surface area contributed by atoms with E-state index in [1.807, 2.05) is 24.3 Å². The molecule has 2 aromatic carbocycles. The van der Waals surface area contributed by atoms with E-state index in [1.54, 1.807) is 24.3 Å². The number of anilines is 1. The predicted molar refractivity (Wildman–Crippen MR) is 102 cm³/mol. The summed E-state index contributed by atoms with van der Waals surface area (Å²) in [6, 6.07) is 14.6. The van der Waals surface area contributed by atoms with Gasteiger partial charge in [0.25, 0.3) is 11.8 Å². The molecule has 0 saturated heterocycles. The average molecular weight is 338 g/mol. The maximum absolute atomic E-state index is 12.4. The third-order valence-corrected chi connectivity index (χ3v) is 4.04. The van der Waals surface area contributed by atoms with Crippen LogP contribution >= 0.6 is 0 Å². The molecule has 0 aliphatic rings. The standard InChI is InChI=1S/C21H26N2O2/c1-4-5-13-22-20(24)18-7-6-8-19(14-18)23-21(25)17-11-9-16(10-12-17)15(2)3/h6-12,14-15H,4-5,13H2,1-3H3,(H,22,24)(H,23,25). The van der Waals surface area contributed by atoms with Crippen molar-refractivity contribution in [1.29, 1.82) is 0 Å². The molecule has 0 unspecified atom stereocenters. The Morgan fingerprint density at radius 2 is 1.68 bits per heavy atom. The van der Waals surface area contributed by atoms with E-state index < -0.39 is 0 Å². The highest BCUT2D eigenvalue weighted by molar-refractivity contribution is 6.05. The van der Waals surface area contributed by atoms with Gasteiger partial charge < -0.3 is 10.6 Å². The first-order chi connectivity index (χ1) is 12.0. The van der Waals surface area contributed by atoms with Crippen molar-refractivity contribution in [2.24, 2.45) is 0 Å². The molecule has 0 spiro atoms. The van der Waals surface area contributed by atoms with E-state index in [-0.39, 0.29) is 11.8 Å². The topological polar surface area (TPSA) is 58.2 Å². The van der Waals surface area contributed by atoms with Crippen LogP contribution < -0.4 is 10.6 Å². The fourth-order valence-corrected chi connectivity index (χ4v) is 2.44. The van der Waals surface area contributed by atoms with Crippen LogP contribution in [0.1, 0.15) is 65.8 Å².